The number of allylic oxidation sites excluding steroid dienone is 2. The van der Waals surface area contributed by atoms with Crippen LogP contribution in [0.25, 0.3) is 6.08 Å². The number of ketones is 2. The summed E-state index contributed by atoms with van der Waals surface area (Å²) in [4.78, 5) is 40.9. The molecule has 0 amide bonds. The molecule has 222 valence electrons. The van der Waals surface area contributed by atoms with Crippen LogP contribution in [0.15, 0.2) is 29.4 Å². The molecule has 3 saturated carbocycles. The number of rotatable bonds is 5. The summed E-state index contributed by atoms with van der Waals surface area (Å²) in [5.74, 6) is -2.47. The second-order valence-electron chi connectivity index (χ2n) is 13.9. The largest absolute Gasteiger partial charge is 0.506 e. The zero-order valence-electron chi connectivity index (χ0n) is 24.9. The highest BCUT2D eigenvalue weighted by Crippen LogP contribution is 2.77. The Morgan fingerprint density at radius 2 is 1.79 bits per heavy atom. The Kier molecular flexibility index (Phi) is 5.18. The van der Waals surface area contributed by atoms with Crippen molar-refractivity contribution in [2.75, 3.05) is 0 Å². The number of epoxide rings is 1. The van der Waals surface area contributed by atoms with Crippen LogP contribution < -0.4 is 9.47 Å². The number of fused-ring (bicyclic) bond motifs is 2. The third-order valence-electron chi connectivity index (χ3n) is 10.3. The standard InChI is InChI=1S/C33H36O9/c1-15(2)8-9-18-23-17(11-12-29(4,5)39-23)22(34)21-24(18)40-33-20-14-19(27-32(33,41-27)26(21)36)25(35)31(33,42-30(20,6)7)13-10-16(3)28(37)38/h8,10-12,19-20,27,34H,9,13-14H2,1-7H3,(H,37,38)/b16-10-/t19-,20?,27?,31-,32?,33+/m1/s1. The molecule has 8 rings (SSSR count). The van der Waals surface area contributed by atoms with E-state index >= 15 is 0 Å². The number of hydrogen-bond acceptors (Lipinski definition) is 8. The lowest BCUT2D eigenvalue weighted by Crippen LogP contribution is -2.80. The number of aromatic hydroxyl groups is 1. The molecular formula is C33H36O9. The number of phenols is 1. The van der Waals surface area contributed by atoms with Gasteiger partial charge >= 0.3 is 5.97 Å². The van der Waals surface area contributed by atoms with E-state index in [1.54, 1.807) is 6.08 Å². The molecule has 9 heteroatoms. The van der Waals surface area contributed by atoms with Gasteiger partial charge in [-0.25, -0.2) is 4.79 Å². The fraction of sp³-hybridized carbons (Fsp3) is 0.545. The minimum Gasteiger partial charge on any atom is -0.506 e. The fourth-order valence-corrected chi connectivity index (χ4v) is 8.40. The molecule has 7 aliphatic rings. The van der Waals surface area contributed by atoms with Gasteiger partial charge < -0.3 is 29.2 Å². The van der Waals surface area contributed by atoms with Crippen molar-refractivity contribution in [2.45, 2.75) is 102 Å². The summed E-state index contributed by atoms with van der Waals surface area (Å²) in [6.45, 7) is 13.0. The number of benzene rings is 1. The van der Waals surface area contributed by atoms with E-state index in [9.17, 15) is 24.6 Å². The molecule has 42 heavy (non-hydrogen) atoms. The Balaban J connectivity index is 1.53. The quantitative estimate of drug-likeness (QED) is 0.290. The monoisotopic (exact) mass is 576 g/mol. The molecule has 9 nitrogen and oxygen atoms in total. The Hall–Kier alpha value is -3.43. The number of carbonyl (C=O) groups is 3. The number of aliphatic carboxylic acids is 1. The van der Waals surface area contributed by atoms with Crippen LogP contribution in [0.3, 0.4) is 0 Å². The van der Waals surface area contributed by atoms with Gasteiger partial charge in [-0.1, -0.05) is 17.7 Å². The second kappa shape index (κ2) is 7.94. The molecule has 4 bridgehead atoms. The summed E-state index contributed by atoms with van der Waals surface area (Å²) >= 11 is 0. The lowest BCUT2D eigenvalue weighted by Gasteiger charge is -2.58. The van der Waals surface area contributed by atoms with Crippen LogP contribution >= 0.6 is 0 Å². The van der Waals surface area contributed by atoms with Crippen molar-refractivity contribution >= 4 is 23.6 Å². The van der Waals surface area contributed by atoms with Crippen LogP contribution in [0, 0.1) is 11.8 Å². The van der Waals surface area contributed by atoms with E-state index in [2.05, 4.69) is 0 Å². The van der Waals surface area contributed by atoms with Gasteiger partial charge in [0.2, 0.25) is 11.4 Å². The molecule has 3 aliphatic carbocycles. The molecule has 3 unspecified atom stereocenters. The minimum absolute atomic E-state index is 0.0246. The van der Waals surface area contributed by atoms with Crippen molar-refractivity contribution in [3.8, 4) is 17.2 Å². The van der Waals surface area contributed by atoms with E-state index in [0.717, 1.165) is 5.57 Å². The summed E-state index contributed by atoms with van der Waals surface area (Å²) in [6.07, 6.45) is 7.06. The number of ether oxygens (including phenoxy) is 4. The number of carboxylic acids is 1. The molecule has 4 heterocycles. The maximum atomic E-state index is 14.8. The van der Waals surface area contributed by atoms with Crippen LogP contribution in [0.4, 0.5) is 0 Å². The van der Waals surface area contributed by atoms with Crippen molar-refractivity contribution in [3.63, 3.8) is 0 Å². The first kappa shape index (κ1) is 27.4. The van der Waals surface area contributed by atoms with Gasteiger partial charge in [-0.05, 0) is 73.5 Å². The predicted octanol–water partition coefficient (Wildman–Crippen LogP) is 4.72. The molecule has 1 aromatic carbocycles. The number of hydrogen-bond donors (Lipinski definition) is 2. The van der Waals surface area contributed by atoms with Crippen LogP contribution in [0.2, 0.25) is 0 Å². The first-order chi connectivity index (χ1) is 19.5. The maximum Gasteiger partial charge on any atom is 0.330 e. The van der Waals surface area contributed by atoms with Gasteiger partial charge in [0, 0.05) is 23.5 Å². The molecular weight excluding hydrogens is 540 g/mol. The van der Waals surface area contributed by atoms with Gasteiger partial charge in [0.1, 0.15) is 34.5 Å². The Bertz CT molecular complexity index is 1610. The molecule has 2 spiro atoms. The first-order valence-corrected chi connectivity index (χ1v) is 14.5. The number of carboxylic acid groups (broad SMARTS) is 1. The number of phenolic OH excluding ortho intramolecular Hbond substituents is 1. The summed E-state index contributed by atoms with van der Waals surface area (Å²) in [5.41, 5.74) is -4.23. The highest BCUT2D eigenvalue weighted by atomic mass is 16.7. The summed E-state index contributed by atoms with van der Waals surface area (Å²) < 4.78 is 26.6. The topological polar surface area (TPSA) is 132 Å². The van der Waals surface area contributed by atoms with Gasteiger partial charge in [-0.3, -0.25) is 9.59 Å². The molecule has 5 fully saturated rings. The lowest BCUT2D eigenvalue weighted by atomic mass is 9.46. The average Bonchev–Trinajstić information content (AvgIpc) is 3.63. The van der Waals surface area contributed by atoms with Gasteiger partial charge in [0.15, 0.2) is 17.0 Å². The van der Waals surface area contributed by atoms with E-state index < -0.39 is 57.7 Å². The van der Waals surface area contributed by atoms with E-state index in [1.165, 1.54) is 13.0 Å². The van der Waals surface area contributed by atoms with E-state index in [-0.39, 0.29) is 34.8 Å². The second-order valence-corrected chi connectivity index (χ2v) is 13.9. The SMILES string of the molecule is CC(C)=CCc1c2c(c(O)c3c1O[C@@]14C5C[C@H](C(=O)[C@@]1(C/C=C(/C)C(=O)O)OC5(C)C)C1OC14C3=O)C=CC(C)(C)O2. The summed E-state index contributed by atoms with van der Waals surface area (Å²) in [5, 5.41) is 21.3. The molecule has 6 atom stereocenters. The van der Waals surface area contributed by atoms with E-state index in [1.807, 2.05) is 53.7 Å². The molecule has 1 aromatic rings. The summed E-state index contributed by atoms with van der Waals surface area (Å²) in [7, 11) is 0. The molecule has 4 aliphatic heterocycles. The minimum atomic E-state index is -1.67. The average molecular weight is 577 g/mol. The van der Waals surface area contributed by atoms with Gasteiger partial charge in [0.05, 0.1) is 17.1 Å². The third kappa shape index (κ3) is 2.98. The van der Waals surface area contributed by atoms with Gasteiger partial charge in [-0.15, -0.1) is 0 Å². The molecule has 2 saturated heterocycles. The number of Topliss-reactive ketones (excluding diaryl/α,β-unsaturated/α-hetero) is 2. The third-order valence-corrected chi connectivity index (χ3v) is 10.3. The lowest BCUT2D eigenvalue weighted by molar-refractivity contribution is -0.192. The van der Waals surface area contributed by atoms with Crippen molar-refractivity contribution in [3.05, 3.63) is 46.1 Å². The highest BCUT2D eigenvalue weighted by Gasteiger charge is 2.97. The van der Waals surface area contributed by atoms with Crippen LogP contribution in [-0.2, 0) is 25.5 Å². The highest BCUT2D eigenvalue weighted by molar-refractivity contribution is 6.16. The van der Waals surface area contributed by atoms with Crippen molar-refractivity contribution in [1.82, 2.24) is 0 Å². The van der Waals surface area contributed by atoms with Crippen molar-refractivity contribution in [1.29, 1.82) is 0 Å². The van der Waals surface area contributed by atoms with Crippen molar-refractivity contribution < 1.29 is 43.5 Å². The molecule has 0 radical (unpaired) electrons. The fourth-order valence-electron chi connectivity index (χ4n) is 8.40. The zero-order chi connectivity index (χ0) is 30.4. The van der Waals surface area contributed by atoms with E-state index in [0.29, 0.717) is 29.7 Å². The maximum absolute atomic E-state index is 14.8. The Morgan fingerprint density at radius 1 is 1.07 bits per heavy atom. The first-order valence-electron chi connectivity index (χ1n) is 14.5. The van der Waals surface area contributed by atoms with Gasteiger partial charge in [-0.2, -0.15) is 0 Å². The van der Waals surface area contributed by atoms with Gasteiger partial charge in [0.25, 0.3) is 0 Å². The predicted molar refractivity (Wildman–Crippen MR) is 151 cm³/mol. The molecule has 0 aromatic heterocycles. The van der Waals surface area contributed by atoms with E-state index in [4.69, 9.17) is 18.9 Å². The van der Waals surface area contributed by atoms with Crippen LogP contribution in [0.5, 0.6) is 17.2 Å². The Labute approximate surface area is 244 Å². The van der Waals surface area contributed by atoms with Crippen LogP contribution in [0.1, 0.15) is 82.8 Å². The zero-order valence-corrected chi connectivity index (χ0v) is 24.9. The smallest absolute Gasteiger partial charge is 0.330 e. The summed E-state index contributed by atoms with van der Waals surface area (Å²) in [6, 6.07) is 0. The normalized spacial score (nSPS) is 37.1. The molecule has 2 N–H and O–H groups in total. The van der Waals surface area contributed by atoms with Crippen LogP contribution in [-0.4, -0.2) is 61.9 Å². The number of carbonyl (C=O) groups excluding carboxylic acids is 2. The van der Waals surface area contributed by atoms with Crippen molar-refractivity contribution in [2.24, 2.45) is 11.8 Å². The Morgan fingerprint density at radius 3 is 2.45 bits per heavy atom.